The first-order valence-corrected chi connectivity index (χ1v) is 6.57. The molecule has 2 amide bonds. The van der Waals surface area contributed by atoms with E-state index in [1.54, 1.807) is 6.07 Å². The van der Waals surface area contributed by atoms with Crippen molar-refractivity contribution in [2.24, 2.45) is 11.7 Å². The number of hydrogen-bond acceptors (Lipinski definition) is 3. The Morgan fingerprint density at radius 1 is 1.47 bits per heavy atom. The largest absolute Gasteiger partial charge is 0.330 e. The van der Waals surface area contributed by atoms with Gasteiger partial charge in [-0.05, 0) is 36.6 Å². The minimum Gasteiger partial charge on any atom is -0.330 e. The van der Waals surface area contributed by atoms with Crippen LogP contribution in [0.1, 0.15) is 25.3 Å². The van der Waals surface area contributed by atoms with Gasteiger partial charge in [0.25, 0.3) is 0 Å². The molecule has 1 aliphatic rings. The SMILES string of the molecule is CCC(CN)C(=O)Nc1ccc2c(c1)CCC(=O)N2. The first kappa shape index (κ1) is 13.5. The molecule has 2 rings (SSSR count). The Morgan fingerprint density at radius 3 is 2.95 bits per heavy atom. The lowest BCUT2D eigenvalue weighted by molar-refractivity contribution is -0.119. The predicted octanol–water partition coefficient (Wildman–Crippen LogP) is 1.49. The summed E-state index contributed by atoms with van der Waals surface area (Å²) < 4.78 is 0. The third-order valence-corrected chi connectivity index (χ3v) is 3.42. The van der Waals surface area contributed by atoms with Crippen molar-refractivity contribution in [3.05, 3.63) is 23.8 Å². The van der Waals surface area contributed by atoms with Crippen molar-refractivity contribution in [3.8, 4) is 0 Å². The second kappa shape index (κ2) is 5.84. The lowest BCUT2D eigenvalue weighted by Gasteiger charge is -2.18. The lowest BCUT2D eigenvalue weighted by atomic mass is 10.0. The van der Waals surface area contributed by atoms with Crippen molar-refractivity contribution >= 4 is 23.2 Å². The van der Waals surface area contributed by atoms with Gasteiger partial charge in [0.2, 0.25) is 11.8 Å². The number of carbonyl (C=O) groups excluding carboxylic acids is 2. The molecule has 5 heteroatoms. The molecule has 1 aromatic rings. The summed E-state index contributed by atoms with van der Waals surface area (Å²) in [7, 11) is 0. The van der Waals surface area contributed by atoms with E-state index in [0.717, 1.165) is 23.4 Å². The van der Waals surface area contributed by atoms with Crippen LogP contribution in [0, 0.1) is 5.92 Å². The van der Waals surface area contributed by atoms with Gasteiger partial charge in [-0.2, -0.15) is 0 Å². The topological polar surface area (TPSA) is 84.2 Å². The molecule has 0 spiro atoms. The average Bonchev–Trinajstić information content (AvgIpc) is 2.40. The van der Waals surface area contributed by atoms with Gasteiger partial charge in [-0.3, -0.25) is 9.59 Å². The van der Waals surface area contributed by atoms with Crippen LogP contribution in [0.3, 0.4) is 0 Å². The van der Waals surface area contributed by atoms with Crippen LogP contribution in [0.4, 0.5) is 11.4 Å². The van der Waals surface area contributed by atoms with E-state index in [9.17, 15) is 9.59 Å². The van der Waals surface area contributed by atoms with Crippen LogP contribution >= 0.6 is 0 Å². The molecular formula is C14H19N3O2. The van der Waals surface area contributed by atoms with E-state index in [1.807, 2.05) is 19.1 Å². The summed E-state index contributed by atoms with van der Waals surface area (Å²) in [6, 6.07) is 5.53. The van der Waals surface area contributed by atoms with Crippen molar-refractivity contribution in [2.45, 2.75) is 26.2 Å². The Hall–Kier alpha value is -1.88. The maximum Gasteiger partial charge on any atom is 0.228 e. The zero-order valence-electron chi connectivity index (χ0n) is 11.0. The highest BCUT2D eigenvalue weighted by Crippen LogP contribution is 2.25. The van der Waals surface area contributed by atoms with E-state index in [-0.39, 0.29) is 17.7 Å². The molecule has 1 heterocycles. The standard InChI is InChI=1S/C14H19N3O2/c1-2-9(8-15)14(19)16-11-4-5-12-10(7-11)3-6-13(18)17-12/h4-5,7,9H,2-3,6,8,15H2,1H3,(H,16,19)(H,17,18). The normalized spacial score (nSPS) is 15.4. The highest BCUT2D eigenvalue weighted by molar-refractivity contribution is 5.96. The summed E-state index contributed by atoms with van der Waals surface area (Å²) >= 11 is 0. The second-order valence-electron chi connectivity index (χ2n) is 4.75. The van der Waals surface area contributed by atoms with Gasteiger partial charge in [-0.1, -0.05) is 6.92 Å². The number of anilines is 2. The number of hydrogen-bond donors (Lipinski definition) is 3. The van der Waals surface area contributed by atoms with Gasteiger partial charge in [0.1, 0.15) is 0 Å². The number of rotatable bonds is 4. The minimum atomic E-state index is -0.157. The van der Waals surface area contributed by atoms with Gasteiger partial charge in [-0.25, -0.2) is 0 Å². The number of benzene rings is 1. The highest BCUT2D eigenvalue weighted by Gasteiger charge is 2.17. The molecule has 0 aliphatic carbocycles. The molecule has 0 aromatic heterocycles. The van der Waals surface area contributed by atoms with Crippen LogP contribution in [0.2, 0.25) is 0 Å². The summed E-state index contributed by atoms with van der Waals surface area (Å²) in [5.41, 5.74) is 8.20. The maximum atomic E-state index is 11.9. The van der Waals surface area contributed by atoms with Crippen LogP contribution in [-0.4, -0.2) is 18.4 Å². The van der Waals surface area contributed by atoms with E-state index >= 15 is 0 Å². The van der Waals surface area contributed by atoms with E-state index < -0.39 is 0 Å². The molecule has 1 aliphatic heterocycles. The molecule has 0 bridgehead atoms. The summed E-state index contributed by atoms with van der Waals surface area (Å²) in [4.78, 5) is 23.2. The van der Waals surface area contributed by atoms with E-state index in [4.69, 9.17) is 5.73 Å². The van der Waals surface area contributed by atoms with Crippen molar-refractivity contribution in [1.82, 2.24) is 0 Å². The number of amides is 2. The Balaban J connectivity index is 2.10. The molecule has 4 N–H and O–H groups in total. The van der Waals surface area contributed by atoms with E-state index in [0.29, 0.717) is 19.4 Å². The first-order chi connectivity index (χ1) is 9.13. The van der Waals surface area contributed by atoms with Crippen LogP contribution < -0.4 is 16.4 Å². The van der Waals surface area contributed by atoms with E-state index in [2.05, 4.69) is 10.6 Å². The van der Waals surface area contributed by atoms with Crippen LogP contribution in [-0.2, 0) is 16.0 Å². The second-order valence-corrected chi connectivity index (χ2v) is 4.75. The molecule has 1 atom stereocenters. The van der Waals surface area contributed by atoms with Crippen molar-refractivity contribution in [3.63, 3.8) is 0 Å². The van der Waals surface area contributed by atoms with Gasteiger partial charge in [0, 0.05) is 24.3 Å². The highest BCUT2D eigenvalue weighted by atomic mass is 16.2. The van der Waals surface area contributed by atoms with Crippen LogP contribution in [0.5, 0.6) is 0 Å². The minimum absolute atomic E-state index is 0.0402. The zero-order chi connectivity index (χ0) is 13.8. The number of fused-ring (bicyclic) bond motifs is 1. The lowest BCUT2D eigenvalue weighted by Crippen LogP contribution is -2.28. The smallest absolute Gasteiger partial charge is 0.228 e. The molecule has 19 heavy (non-hydrogen) atoms. The zero-order valence-corrected chi connectivity index (χ0v) is 11.0. The molecule has 5 nitrogen and oxygen atoms in total. The Morgan fingerprint density at radius 2 is 2.26 bits per heavy atom. The third-order valence-electron chi connectivity index (χ3n) is 3.42. The molecule has 102 valence electrons. The number of carbonyl (C=O) groups is 2. The van der Waals surface area contributed by atoms with Crippen LogP contribution in [0.25, 0.3) is 0 Å². The number of nitrogens with one attached hydrogen (secondary N) is 2. The van der Waals surface area contributed by atoms with Gasteiger partial charge in [0.05, 0.1) is 5.92 Å². The quantitative estimate of drug-likeness (QED) is 0.767. The third kappa shape index (κ3) is 3.12. The Bertz CT molecular complexity index is 495. The van der Waals surface area contributed by atoms with Crippen LogP contribution in [0.15, 0.2) is 18.2 Å². The van der Waals surface area contributed by atoms with Gasteiger partial charge >= 0.3 is 0 Å². The van der Waals surface area contributed by atoms with Crippen molar-refractivity contribution < 1.29 is 9.59 Å². The Kier molecular flexibility index (Phi) is 4.16. The van der Waals surface area contributed by atoms with Crippen molar-refractivity contribution in [2.75, 3.05) is 17.2 Å². The molecule has 0 fully saturated rings. The molecule has 0 radical (unpaired) electrons. The summed E-state index contributed by atoms with van der Waals surface area (Å²) in [6.07, 6.45) is 1.92. The van der Waals surface area contributed by atoms with Crippen molar-refractivity contribution in [1.29, 1.82) is 0 Å². The number of nitrogens with two attached hydrogens (primary N) is 1. The summed E-state index contributed by atoms with van der Waals surface area (Å²) in [5, 5.41) is 5.69. The van der Waals surface area contributed by atoms with E-state index in [1.165, 1.54) is 0 Å². The summed E-state index contributed by atoms with van der Waals surface area (Å²) in [6.45, 7) is 2.29. The molecule has 1 unspecified atom stereocenters. The molecule has 1 aromatic carbocycles. The predicted molar refractivity (Wildman–Crippen MR) is 74.9 cm³/mol. The maximum absolute atomic E-state index is 11.9. The average molecular weight is 261 g/mol. The van der Waals surface area contributed by atoms with Gasteiger partial charge < -0.3 is 16.4 Å². The monoisotopic (exact) mass is 261 g/mol. The molecular weight excluding hydrogens is 242 g/mol. The molecule has 0 saturated heterocycles. The summed E-state index contributed by atoms with van der Waals surface area (Å²) in [5.74, 6) is -0.168. The van der Waals surface area contributed by atoms with Gasteiger partial charge in [0.15, 0.2) is 0 Å². The molecule has 0 saturated carbocycles. The fourth-order valence-corrected chi connectivity index (χ4v) is 2.16. The first-order valence-electron chi connectivity index (χ1n) is 6.57. The van der Waals surface area contributed by atoms with Gasteiger partial charge in [-0.15, -0.1) is 0 Å². The fourth-order valence-electron chi connectivity index (χ4n) is 2.16. The Labute approximate surface area is 112 Å². The number of aryl methyl sites for hydroxylation is 1. The fraction of sp³-hybridized carbons (Fsp3) is 0.429.